The molecule has 0 aliphatic heterocycles. The highest BCUT2D eigenvalue weighted by Gasteiger charge is 2.14. The number of nitrogens with one attached hydrogen (secondary N) is 1. The monoisotopic (exact) mass is 283 g/mol. The van der Waals surface area contributed by atoms with Crippen molar-refractivity contribution in [2.45, 2.75) is 39.4 Å². The summed E-state index contributed by atoms with van der Waals surface area (Å²) in [4.78, 5) is 4.68. The molecule has 0 radical (unpaired) electrons. The fourth-order valence-corrected chi connectivity index (χ4v) is 2.48. The Morgan fingerprint density at radius 1 is 1.24 bits per heavy atom. The van der Waals surface area contributed by atoms with Gasteiger partial charge in [0.2, 0.25) is 0 Å². The number of imidazole rings is 1. The Balaban J connectivity index is 1.67. The molecule has 0 saturated heterocycles. The van der Waals surface area contributed by atoms with Crippen LogP contribution in [-0.4, -0.2) is 25.2 Å². The fraction of sp³-hybridized carbons (Fsp3) is 0.375. The zero-order chi connectivity index (χ0) is 14.8. The van der Waals surface area contributed by atoms with Crippen LogP contribution in [0.2, 0.25) is 0 Å². The lowest BCUT2D eigenvalue weighted by Crippen LogP contribution is -2.33. The normalized spacial score (nSPS) is 14.4. The van der Waals surface area contributed by atoms with Gasteiger partial charge in [-0.2, -0.15) is 5.10 Å². The van der Waals surface area contributed by atoms with E-state index in [0.717, 1.165) is 17.9 Å². The summed E-state index contributed by atoms with van der Waals surface area (Å²) in [5.74, 6) is 0. The molecule has 5 nitrogen and oxygen atoms in total. The first kappa shape index (κ1) is 13.8. The van der Waals surface area contributed by atoms with E-state index in [1.54, 1.807) is 0 Å². The largest absolute Gasteiger partial charge is 0.307 e. The summed E-state index contributed by atoms with van der Waals surface area (Å²) >= 11 is 0. The zero-order valence-corrected chi connectivity index (χ0v) is 12.7. The van der Waals surface area contributed by atoms with Gasteiger partial charge in [0.25, 0.3) is 0 Å². The van der Waals surface area contributed by atoms with Gasteiger partial charge in [-0.1, -0.05) is 6.07 Å². The predicted octanol–water partition coefficient (Wildman–Crippen LogP) is 2.58. The number of aromatic nitrogens is 4. The van der Waals surface area contributed by atoms with E-state index in [0.29, 0.717) is 12.1 Å². The molecule has 1 N–H and O–H groups in total. The van der Waals surface area contributed by atoms with Crippen LogP contribution in [-0.2, 0) is 6.54 Å². The van der Waals surface area contributed by atoms with E-state index in [4.69, 9.17) is 0 Å². The second kappa shape index (κ2) is 5.69. The molecule has 3 aromatic rings. The van der Waals surface area contributed by atoms with Gasteiger partial charge >= 0.3 is 0 Å². The zero-order valence-electron chi connectivity index (χ0n) is 12.7. The van der Waals surface area contributed by atoms with E-state index in [1.807, 2.05) is 35.4 Å². The van der Waals surface area contributed by atoms with Gasteiger partial charge in [0.15, 0.2) is 0 Å². The van der Waals surface area contributed by atoms with Crippen molar-refractivity contribution in [2.24, 2.45) is 0 Å². The quantitative estimate of drug-likeness (QED) is 0.783. The molecule has 0 aromatic carbocycles. The minimum atomic E-state index is 0.304. The molecule has 0 saturated carbocycles. The molecule has 5 heteroatoms. The van der Waals surface area contributed by atoms with Crippen molar-refractivity contribution in [3.8, 4) is 0 Å². The Hall–Kier alpha value is -2.14. The number of nitrogens with zero attached hydrogens (tertiary/aromatic N) is 4. The standard InChI is InChI=1S/C16H21N5/c1-12-6-4-8-20-11-15(19-16(12)20)10-17-13(2)14(3)21-9-5-7-18-21/h4-9,11,13-14,17H,10H2,1-3H3/t13-,14-/m1/s1. The summed E-state index contributed by atoms with van der Waals surface area (Å²) in [5.41, 5.74) is 3.28. The molecular weight excluding hydrogens is 262 g/mol. The average molecular weight is 283 g/mol. The SMILES string of the molecule is Cc1cccn2cc(CN[C@H](C)[C@@H](C)n3cccn3)nc12. The molecule has 3 heterocycles. The number of fused-ring (bicyclic) bond motifs is 1. The lowest BCUT2D eigenvalue weighted by molar-refractivity contribution is 0.364. The molecule has 0 spiro atoms. The maximum absolute atomic E-state index is 4.68. The van der Waals surface area contributed by atoms with Crippen LogP contribution in [0.15, 0.2) is 43.0 Å². The van der Waals surface area contributed by atoms with Crippen molar-refractivity contribution in [2.75, 3.05) is 0 Å². The Labute approximate surface area is 124 Å². The summed E-state index contributed by atoms with van der Waals surface area (Å²) < 4.78 is 4.05. The van der Waals surface area contributed by atoms with Crippen LogP contribution in [0, 0.1) is 6.92 Å². The van der Waals surface area contributed by atoms with Gasteiger partial charge < -0.3 is 9.72 Å². The van der Waals surface area contributed by atoms with E-state index in [2.05, 4.69) is 52.8 Å². The van der Waals surface area contributed by atoms with Crippen LogP contribution in [0.4, 0.5) is 0 Å². The van der Waals surface area contributed by atoms with E-state index < -0.39 is 0 Å². The molecule has 0 amide bonds. The summed E-state index contributed by atoms with van der Waals surface area (Å²) in [7, 11) is 0. The third-order valence-electron chi connectivity index (χ3n) is 4.00. The van der Waals surface area contributed by atoms with Crippen molar-refractivity contribution in [1.82, 2.24) is 24.5 Å². The van der Waals surface area contributed by atoms with E-state index in [-0.39, 0.29) is 0 Å². The Kier molecular flexibility index (Phi) is 3.75. The van der Waals surface area contributed by atoms with Crippen molar-refractivity contribution in [3.05, 3.63) is 54.2 Å². The number of pyridine rings is 1. The van der Waals surface area contributed by atoms with Crippen molar-refractivity contribution in [1.29, 1.82) is 0 Å². The molecule has 21 heavy (non-hydrogen) atoms. The third-order valence-corrected chi connectivity index (χ3v) is 4.00. The van der Waals surface area contributed by atoms with Crippen LogP contribution in [0.1, 0.15) is 31.1 Å². The molecule has 0 bridgehead atoms. The second-order valence-corrected chi connectivity index (χ2v) is 5.55. The molecule has 3 aromatic heterocycles. The maximum atomic E-state index is 4.68. The van der Waals surface area contributed by atoms with Gasteiger partial charge in [-0.05, 0) is 38.5 Å². The summed E-state index contributed by atoms with van der Waals surface area (Å²) in [6.45, 7) is 7.18. The summed E-state index contributed by atoms with van der Waals surface area (Å²) in [5, 5.41) is 7.83. The smallest absolute Gasteiger partial charge is 0.139 e. The minimum Gasteiger partial charge on any atom is -0.307 e. The molecule has 0 aliphatic carbocycles. The van der Waals surface area contributed by atoms with Crippen molar-refractivity contribution < 1.29 is 0 Å². The Morgan fingerprint density at radius 3 is 2.81 bits per heavy atom. The first-order chi connectivity index (χ1) is 10.1. The van der Waals surface area contributed by atoms with Gasteiger partial charge in [-0.3, -0.25) is 4.68 Å². The van der Waals surface area contributed by atoms with Crippen LogP contribution >= 0.6 is 0 Å². The van der Waals surface area contributed by atoms with Gasteiger partial charge in [-0.15, -0.1) is 0 Å². The highest BCUT2D eigenvalue weighted by molar-refractivity contribution is 5.47. The van der Waals surface area contributed by atoms with Gasteiger partial charge in [0.05, 0.1) is 11.7 Å². The summed E-state index contributed by atoms with van der Waals surface area (Å²) in [6, 6.07) is 6.70. The van der Waals surface area contributed by atoms with Gasteiger partial charge in [-0.25, -0.2) is 4.98 Å². The molecule has 0 fully saturated rings. The van der Waals surface area contributed by atoms with Crippen molar-refractivity contribution >= 4 is 5.65 Å². The maximum Gasteiger partial charge on any atom is 0.139 e. The Morgan fingerprint density at radius 2 is 2.10 bits per heavy atom. The lowest BCUT2D eigenvalue weighted by atomic mass is 10.2. The van der Waals surface area contributed by atoms with Gasteiger partial charge in [0, 0.05) is 37.4 Å². The molecular formula is C16H21N5. The van der Waals surface area contributed by atoms with Crippen LogP contribution < -0.4 is 5.32 Å². The van der Waals surface area contributed by atoms with Crippen LogP contribution in [0.5, 0.6) is 0 Å². The molecule has 2 atom stereocenters. The highest BCUT2D eigenvalue weighted by Crippen LogP contribution is 2.12. The minimum absolute atomic E-state index is 0.304. The molecule has 0 unspecified atom stereocenters. The predicted molar refractivity (Wildman–Crippen MR) is 83.2 cm³/mol. The first-order valence-electron chi connectivity index (χ1n) is 7.31. The van der Waals surface area contributed by atoms with E-state index >= 15 is 0 Å². The molecule has 3 rings (SSSR count). The van der Waals surface area contributed by atoms with E-state index in [9.17, 15) is 0 Å². The van der Waals surface area contributed by atoms with Gasteiger partial charge in [0.1, 0.15) is 5.65 Å². The second-order valence-electron chi connectivity index (χ2n) is 5.55. The van der Waals surface area contributed by atoms with Crippen LogP contribution in [0.3, 0.4) is 0 Å². The number of hydrogen-bond donors (Lipinski definition) is 1. The topological polar surface area (TPSA) is 47.1 Å². The average Bonchev–Trinajstić information content (AvgIpc) is 3.13. The lowest BCUT2D eigenvalue weighted by Gasteiger charge is -2.21. The molecule has 110 valence electrons. The molecule has 0 aliphatic rings. The van der Waals surface area contributed by atoms with Crippen molar-refractivity contribution in [3.63, 3.8) is 0 Å². The number of aryl methyl sites for hydroxylation is 1. The Bertz CT molecular complexity index is 713. The fourth-order valence-electron chi connectivity index (χ4n) is 2.48. The first-order valence-corrected chi connectivity index (χ1v) is 7.31. The van der Waals surface area contributed by atoms with Crippen LogP contribution in [0.25, 0.3) is 5.65 Å². The highest BCUT2D eigenvalue weighted by atomic mass is 15.3. The number of rotatable bonds is 5. The van der Waals surface area contributed by atoms with E-state index in [1.165, 1.54) is 5.56 Å². The summed E-state index contributed by atoms with van der Waals surface area (Å²) in [6.07, 6.45) is 7.93. The number of hydrogen-bond acceptors (Lipinski definition) is 3. The third kappa shape index (κ3) is 2.83.